The van der Waals surface area contributed by atoms with Crippen molar-refractivity contribution in [3.63, 3.8) is 0 Å². The maximum Gasteiger partial charge on any atom is 0.268 e. The van der Waals surface area contributed by atoms with E-state index >= 15 is 0 Å². The fourth-order valence-electron chi connectivity index (χ4n) is 3.59. The number of hydrogen-bond acceptors (Lipinski definition) is 4. The summed E-state index contributed by atoms with van der Waals surface area (Å²) in [5.41, 5.74) is 2.06. The Kier molecular flexibility index (Phi) is 5.94. The molecular formula is C21H23F2N3O2S. The molecule has 0 spiro atoms. The molecule has 1 saturated heterocycles. The third-order valence-electron chi connectivity index (χ3n) is 5.09. The highest BCUT2D eigenvalue weighted by atomic mass is 32.1. The molecule has 0 unspecified atom stereocenters. The number of benzene rings is 1. The number of aromatic nitrogens is 1. The first-order valence-electron chi connectivity index (χ1n) is 9.63. The van der Waals surface area contributed by atoms with Crippen molar-refractivity contribution >= 4 is 27.5 Å². The molecule has 8 heteroatoms. The first-order chi connectivity index (χ1) is 14.0. The van der Waals surface area contributed by atoms with Crippen molar-refractivity contribution in [2.45, 2.75) is 13.5 Å². The minimum Gasteiger partial charge on any atom is -0.379 e. The molecule has 154 valence electrons. The van der Waals surface area contributed by atoms with Gasteiger partial charge in [0, 0.05) is 37.6 Å². The smallest absolute Gasteiger partial charge is 0.268 e. The number of amides is 1. The summed E-state index contributed by atoms with van der Waals surface area (Å²) in [5, 5.41) is 2.99. The van der Waals surface area contributed by atoms with Crippen LogP contribution in [-0.4, -0.2) is 54.8 Å². The molecule has 0 atom stereocenters. The van der Waals surface area contributed by atoms with Crippen molar-refractivity contribution < 1.29 is 18.3 Å². The quantitative estimate of drug-likeness (QED) is 0.666. The van der Waals surface area contributed by atoms with Gasteiger partial charge in [-0.15, -0.1) is 11.3 Å². The van der Waals surface area contributed by atoms with E-state index in [1.54, 1.807) is 17.4 Å². The molecule has 1 aliphatic heterocycles. The van der Waals surface area contributed by atoms with Crippen molar-refractivity contribution in [3.05, 3.63) is 58.1 Å². The monoisotopic (exact) mass is 419 g/mol. The molecular weight excluding hydrogens is 396 g/mol. The van der Waals surface area contributed by atoms with Gasteiger partial charge >= 0.3 is 0 Å². The van der Waals surface area contributed by atoms with E-state index in [2.05, 4.69) is 10.2 Å². The van der Waals surface area contributed by atoms with Crippen molar-refractivity contribution in [1.29, 1.82) is 0 Å². The molecule has 1 amide bonds. The average Bonchev–Trinajstić information content (AvgIpc) is 3.22. The SMILES string of the molecule is Cc1cc2c(cc(C(=O)NCCN3CCOCC3)n2Cc2ccc(F)c(F)c2)s1. The molecule has 1 aromatic carbocycles. The second kappa shape index (κ2) is 8.61. The zero-order chi connectivity index (χ0) is 20.4. The van der Waals surface area contributed by atoms with Gasteiger partial charge in [-0.25, -0.2) is 8.78 Å². The number of ether oxygens (including phenoxy) is 1. The minimum atomic E-state index is -0.885. The molecule has 3 aromatic rings. The largest absolute Gasteiger partial charge is 0.379 e. The van der Waals surface area contributed by atoms with Gasteiger partial charge in [-0.3, -0.25) is 9.69 Å². The molecule has 1 fully saturated rings. The Morgan fingerprint density at radius 2 is 1.97 bits per heavy atom. The van der Waals surface area contributed by atoms with Crippen LogP contribution in [0.5, 0.6) is 0 Å². The number of fused-ring (bicyclic) bond motifs is 1. The standard InChI is InChI=1S/C21H23F2N3O2S/c1-14-10-18-20(29-14)12-19(21(27)24-4-5-25-6-8-28-9-7-25)26(18)13-15-2-3-16(22)17(23)11-15/h2-3,10-12H,4-9,13H2,1H3,(H,24,27). The summed E-state index contributed by atoms with van der Waals surface area (Å²) in [5.74, 6) is -1.93. The topological polar surface area (TPSA) is 46.5 Å². The number of nitrogens with zero attached hydrogens (tertiary/aromatic N) is 2. The Morgan fingerprint density at radius 3 is 2.72 bits per heavy atom. The number of rotatable bonds is 6. The van der Waals surface area contributed by atoms with E-state index in [4.69, 9.17) is 4.74 Å². The molecule has 4 rings (SSSR count). The van der Waals surface area contributed by atoms with Crippen LogP contribution >= 0.6 is 11.3 Å². The second-order valence-corrected chi connectivity index (χ2v) is 8.47. The second-order valence-electron chi connectivity index (χ2n) is 7.18. The van der Waals surface area contributed by atoms with Crippen LogP contribution in [0.2, 0.25) is 0 Å². The number of hydrogen-bond donors (Lipinski definition) is 1. The average molecular weight is 419 g/mol. The van der Waals surface area contributed by atoms with E-state index in [1.165, 1.54) is 6.07 Å². The molecule has 0 bridgehead atoms. The third kappa shape index (κ3) is 4.49. The van der Waals surface area contributed by atoms with Crippen LogP contribution < -0.4 is 5.32 Å². The summed E-state index contributed by atoms with van der Waals surface area (Å²) < 4.78 is 35.1. The summed E-state index contributed by atoms with van der Waals surface area (Å²) in [6.07, 6.45) is 0. The third-order valence-corrected chi connectivity index (χ3v) is 6.07. The van der Waals surface area contributed by atoms with Gasteiger partial charge in [0.05, 0.1) is 23.4 Å². The van der Waals surface area contributed by atoms with Crippen molar-refractivity contribution in [2.24, 2.45) is 0 Å². The van der Waals surface area contributed by atoms with Gasteiger partial charge in [0.2, 0.25) is 0 Å². The Balaban J connectivity index is 1.53. The van der Waals surface area contributed by atoms with Crippen molar-refractivity contribution in [2.75, 3.05) is 39.4 Å². The molecule has 0 radical (unpaired) electrons. The van der Waals surface area contributed by atoms with E-state index in [1.807, 2.05) is 23.6 Å². The van der Waals surface area contributed by atoms with E-state index < -0.39 is 11.6 Å². The Hall–Kier alpha value is -2.29. The Labute approximate surface area is 171 Å². The zero-order valence-corrected chi connectivity index (χ0v) is 17.0. The zero-order valence-electron chi connectivity index (χ0n) is 16.2. The van der Waals surface area contributed by atoms with Gasteiger partial charge in [-0.2, -0.15) is 0 Å². The Bertz CT molecular complexity index is 1020. The van der Waals surface area contributed by atoms with Crippen molar-refractivity contribution in [3.8, 4) is 0 Å². The molecule has 0 saturated carbocycles. The first kappa shape index (κ1) is 20.0. The lowest BCUT2D eigenvalue weighted by atomic mass is 10.2. The number of aryl methyl sites for hydroxylation is 1. The van der Waals surface area contributed by atoms with Gasteiger partial charge in [0.15, 0.2) is 11.6 Å². The highest BCUT2D eigenvalue weighted by Crippen LogP contribution is 2.29. The summed E-state index contributed by atoms with van der Waals surface area (Å²) in [6.45, 7) is 6.81. The normalized spacial score (nSPS) is 15.1. The predicted molar refractivity (Wildman–Crippen MR) is 110 cm³/mol. The molecule has 1 aliphatic rings. The summed E-state index contributed by atoms with van der Waals surface area (Å²) in [7, 11) is 0. The molecule has 29 heavy (non-hydrogen) atoms. The van der Waals surface area contributed by atoms with E-state index in [0.29, 0.717) is 24.3 Å². The molecule has 0 aliphatic carbocycles. The van der Waals surface area contributed by atoms with Gasteiger partial charge in [-0.05, 0) is 36.8 Å². The molecule has 3 heterocycles. The maximum atomic E-state index is 13.7. The lowest BCUT2D eigenvalue weighted by Gasteiger charge is -2.26. The van der Waals surface area contributed by atoms with Crippen LogP contribution in [0.15, 0.2) is 30.3 Å². The van der Waals surface area contributed by atoms with Crippen LogP contribution in [-0.2, 0) is 11.3 Å². The fourth-order valence-corrected chi connectivity index (χ4v) is 4.55. The minimum absolute atomic E-state index is 0.165. The highest BCUT2D eigenvalue weighted by molar-refractivity contribution is 7.19. The van der Waals surface area contributed by atoms with E-state index in [0.717, 1.165) is 54.0 Å². The van der Waals surface area contributed by atoms with Gasteiger partial charge < -0.3 is 14.6 Å². The number of nitrogens with one attached hydrogen (secondary N) is 1. The number of morpholine rings is 1. The number of carbonyl (C=O) groups is 1. The van der Waals surface area contributed by atoms with Gasteiger partial charge in [0.1, 0.15) is 5.69 Å². The lowest BCUT2D eigenvalue weighted by molar-refractivity contribution is 0.0383. The number of thiophene rings is 1. The first-order valence-corrected chi connectivity index (χ1v) is 10.4. The van der Waals surface area contributed by atoms with Crippen LogP contribution in [0.4, 0.5) is 8.78 Å². The fraction of sp³-hybridized carbons (Fsp3) is 0.381. The maximum absolute atomic E-state index is 13.7. The van der Waals surface area contributed by atoms with Gasteiger partial charge in [-0.1, -0.05) is 6.07 Å². The summed E-state index contributed by atoms with van der Waals surface area (Å²) in [6, 6.07) is 7.73. The van der Waals surface area contributed by atoms with Crippen LogP contribution in [0, 0.1) is 18.6 Å². The van der Waals surface area contributed by atoms with Crippen LogP contribution in [0.25, 0.3) is 10.2 Å². The summed E-state index contributed by atoms with van der Waals surface area (Å²) >= 11 is 1.61. The highest BCUT2D eigenvalue weighted by Gasteiger charge is 2.18. The molecule has 5 nitrogen and oxygen atoms in total. The van der Waals surface area contributed by atoms with E-state index in [9.17, 15) is 13.6 Å². The van der Waals surface area contributed by atoms with Crippen LogP contribution in [0.3, 0.4) is 0 Å². The molecule has 1 N–H and O–H groups in total. The lowest BCUT2D eigenvalue weighted by Crippen LogP contribution is -2.41. The van der Waals surface area contributed by atoms with E-state index in [-0.39, 0.29) is 5.91 Å². The van der Waals surface area contributed by atoms with Crippen molar-refractivity contribution in [1.82, 2.24) is 14.8 Å². The summed E-state index contributed by atoms with van der Waals surface area (Å²) in [4.78, 5) is 16.3. The molecule has 2 aromatic heterocycles. The van der Waals surface area contributed by atoms with Crippen LogP contribution in [0.1, 0.15) is 20.9 Å². The predicted octanol–water partition coefficient (Wildman–Crippen LogP) is 3.40. The number of carbonyl (C=O) groups excluding carboxylic acids is 1. The Morgan fingerprint density at radius 1 is 1.17 bits per heavy atom. The van der Waals surface area contributed by atoms with Gasteiger partial charge in [0.25, 0.3) is 5.91 Å². The number of halogens is 2.